The molecule has 14 nitrogen and oxygen atoms in total. The van der Waals surface area contributed by atoms with Crippen molar-refractivity contribution in [3.63, 3.8) is 0 Å². The van der Waals surface area contributed by atoms with Crippen molar-refractivity contribution in [2.75, 3.05) is 24.3 Å². The van der Waals surface area contributed by atoms with E-state index >= 15 is 0 Å². The van der Waals surface area contributed by atoms with Crippen molar-refractivity contribution in [3.8, 4) is 5.75 Å². The van der Waals surface area contributed by atoms with E-state index in [-0.39, 0.29) is 41.3 Å². The zero-order valence-corrected chi connectivity index (χ0v) is 25.1. The lowest BCUT2D eigenvalue weighted by atomic mass is 9.98. The van der Waals surface area contributed by atoms with Crippen LogP contribution in [0.2, 0.25) is 0 Å². The molecule has 3 heterocycles. The summed E-state index contributed by atoms with van der Waals surface area (Å²) in [4.78, 5) is 21.1. The summed E-state index contributed by atoms with van der Waals surface area (Å²) in [7, 11) is -4.51. The Kier molecular flexibility index (Phi) is 8.99. The van der Waals surface area contributed by atoms with Crippen molar-refractivity contribution in [3.05, 3.63) is 36.7 Å². The largest absolute Gasteiger partial charge is 0.465 e. The van der Waals surface area contributed by atoms with Gasteiger partial charge in [-0.15, -0.1) is 11.6 Å². The van der Waals surface area contributed by atoms with Gasteiger partial charge in [0.1, 0.15) is 24.0 Å². The van der Waals surface area contributed by atoms with Gasteiger partial charge in [-0.1, -0.05) is 18.2 Å². The van der Waals surface area contributed by atoms with Crippen molar-refractivity contribution in [2.24, 2.45) is 0 Å². The van der Waals surface area contributed by atoms with E-state index in [2.05, 4.69) is 25.4 Å². The van der Waals surface area contributed by atoms with Crippen LogP contribution in [0.15, 0.2) is 36.7 Å². The predicted octanol–water partition coefficient (Wildman–Crippen LogP) is 3.53. The monoisotopic (exact) mass is 663 g/mol. The number of ether oxygens (including phenoxy) is 2. The molecule has 240 valence electrons. The number of hydrogen-bond donors (Lipinski definition) is 4. The summed E-state index contributed by atoms with van der Waals surface area (Å²) < 4.78 is 80.0. The van der Waals surface area contributed by atoms with Gasteiger partial charge in [-0.3, -0.25) is 13.9 Å². The van der Waals surface area contributed by atoms with Crippen LogP contribution in [-0.4, -0.2) is 79.2 Å². The summed E-state index contributed by atoms with van der Waals surface area (Å²) in [5.41, 5.74) is 5.83. The number of nitrogen functional groups attached to an aromatic ring is 1. The third-order valence-electron chi connectivity index (χ3n) is 6.86. The molecule has 1 saturated carbocycles. The van der Waals surface area contributed by atoms with Crippen LogP contribution in [0.4, 0.5) is 24.9 Å². The van der Waals surface area contributed by atoms with Crippen LogP contribution in [-0.2, 0) is 23.4 Å². The smallest absolute Gasteiger partial charge is 0.459 e. The molecule has 2 fully saturated rings. The van der Waals surface area contributed by atoms with Crippen LogP contribution in [0.1, 0.15) is 32.9 Å². The lowest BCUT2D eigenvalue weighted by molar-refractivity contribution is -0.195. The summed E-state index contributed by atoms with van der Waals surface area (Å²) in [6.07, 6.45) is -8.84. The normalized spacial score (nSPS) is 25.8. The highest BCUT2D eigenvalue weighted by Crippen LogP contribution is 2.55. The van der Waals surface area contributed by atoms with Crippen LogP contribution in [0.5, 0.6) is 5.75 Å². The number of alkyl halides is 4. The number of imidazole rings is 1. The molecule has 0 radical (unpaired) electrons. The number of halogens is 4. The number of carbonyl (C=O) groups excluding carboxylic acids is 1. The first-order valence-corrected chi connectivity index (χ1v) is 15.5. The second-order valence-electron chi connectivity index (χ2n) is 10.2. The molecular weight excluding hydrogens is 634 g/mol. The molecule has 2 unspecified atom stereocenters. The number of carbonyl (C=O) groups is 1. The Balaban J connectivity index is 1.44. The Morgan fingerprint density at radius 1 is 1.32 bits per heavy atom. The molecule has 0 spiro atoms. The summed E-state index contributed by atoms with van der Waals surface area (Å²) in [5.74, 6) is -0.746. The number of para-hydroxylation sites is 1. The van der Waals surface area contributed by atoms with Crippen molar-refractivity contribution in [1.82, 2.24) is 24.6 Å². The number of aliphatic hydroxyl groups excluding tert-OH is 1. The summed E-state index contributed by atoms with van der Waals surface area (Å²) in [5, 5.41) is 16.5. The van der Waals surface area contributed by atoms with Gasteiger partial charge in [0.2, 0.25) is 10.8 Å². The molecule has 0 bridgehead atoms. The Morgan fingerprint density at radius 2 is 2.02 bits per heavy atom. The minimum Gasteiger partial charge on any atom is -0.465 e. The molecule has 3 aromatic rings. The molecule has 1 aliphatic carbocycles. The van der Waals surface area contributed by atoms with E-state index in [1.807, 2.05) is 0 Å². The van der Waals surface area contributed by atoms with E-state index < -0.39 is 55.9 Å². The number of nitrogens with two attached hydrogens (primary N) is 1. The van der Waals surface area contributed by atoms with E-state index in [0.29, 0.717) is 0 Å². The Morgan fingerprint density at radius 3 is 2.66 bits per heavy atom. The van der Waals surface area contributed by atoms with E-state index in [4.69, 9.17) is 35.9 Å². The lowest BCUT2D eigenvalue weighted by Crippen LogP contribution is -2.53. The van der Waals surface area contributed by atoms with E-state index in [1.54, 1.807) is 25.1 Å². The van der Waals surface area contributed by atoms with E-state index in [1.165, 1.54) is 19.1 Å². The second-order valence-corrected chi connectivity index (χ2v) is 12.5. The van der Waals surface area contributed by atoms with Gasteiger partial charge >= 0.3 is 19.9 Å². The molecular formula is C25H30ClF3N7O7P. The van der Waals surface area contributed by atoms with Gasteiger partial charge in [0.05, 0.1) is 19.5 Å². The van der Waals surface area contributed by atoms with Gasteiger partial charge < -0.3 is 30.2 Å². The first-order valence-electron chi connectivity index (χ1n) is 13.5. The molecule has 1 aliphatic heterocycles. The van der Waals surface area contributed by atoms with Crippen LogP contribution in [0.25, 0.3) is 11.2 Å². The first kappa shape index (κ1) is 32.2. The third-order valence-corrected chi connectivity index (χ3v) is 9.13. The SMILES string of the molecule is CCOC(=O)C(C)NP(=O)(OC[C@H]1O[C@@H](n2cnc3c(NC4CC4)nc(N)nc32)[C@@](Cl)(C(F)(F)F)[C@@H]1O)Oc1ccccc1. The van der Waals surface area contributed by atoms with Gasteiger partial charge in [0.25, 0.3) is 0 Å². The fraction of sp³-hybridized carbons (Fsp3) is 0.520. The van der Waals surface area contributed by atoms with Gasteiger partial charge in [0, 0.05) is 6.04 Å². The van der Waals surface area contributed by atoms with E-state index in [0.717, 1.165) is 23.7 Å². The second kappa shape index (κ2) is 12.3. The number of aromatic nitrogens is 4. The molecule has 1 aromatic carbocycles. The number of fused-ring (bicyclic) bond motifs is 1. The fourth-order valence-electron chi connectivity index (χ4n) is 4.53. The zero-order valence-electron chi connectivity index (χ0n) is 23.4. The Labute approximate surface area is 254 Å². The van der Waals surface area contributed by atoms with Crippen molar-refractivity contribution in [1.29, 1.82) is 0 Å². The third kappa shape index (κ3) is 6.43. The number of nitrogens with one attached hydrogen (secondary N) is 2. The minimum atomic E-state index is -5.24. The number of aliphatic hydroxyl groups is 1. The van der Waals surface area contributed by atoms with Crippen LogP contribution < -0.4 is 20.7 Å². The first-order chi connectivity index (χ1) is 20.8. The highest BCUT2D eigenvalue weighted by Gasteiger charge is 2.71. The maximum Gasteiger partial charge on any atom is 0.459 e. The quantitative estimate of drug-likeness (QED) is 0.125. The highest BCUT2D eigenvalue weighted by atomic mass is 35.5. The molecule has 0 amide bonds. The average molecular weight is 664 g/mol. The molecule has 5 rings (SSSR count). The Bertz CT molecular complexity index is 1550. The van der Waals surface area contributed by atoms with Crippen molar-refractivity contribution < 1.29 is 46.2 Å². The molecule has 2 aromatic heterocycles. The summed E-state index contributed by atoms with van der Waals surface area (Å²) in [6.45, 7) is 2.03. The fourth-order valence-corrected chi connectivity index (χ4v) is 6.33. The molecule has 1 saturated heterocycles. The number of benzene rings is 1. The van der Waals surface area contributed by atoms with Crippen molar-refractivity contribution >= 4 is 48.2 Å². The van der Waals surface area contributed by atoms with Gasteiger partial charge in [0.15, 0.2) is 23.2 Å². The molecule has 2 aliphatic rings. The number of anilines is 2. The van der Waals surface area contributed by atoms with Gasteiger partial charge in [-0.2, -0.15) is 28.2 Å². The lowest BCUT2D eigenvalue weighted by Gasteiger charge is -2.32. The summed E-state index contributed by atoms with van der Waals surface area (Å²) in [6, 6.07) is 6.60. The topological polar surface area (TPSA) is 185 Å². The van der Waals surface area contributed by atoms with Crippen molar-refractivity contribution in [2.45, 2.75) is 68.3 Å². The number of nitrogens with zero attached hydrogens (tertiary/aromatic N) is 4. The van der Waals surface area contributed by atoms with Crippen LogP contribution in [0, 0.1) is 0 Å². The van der Waals surface area contributed by atoms with Crippen LogP contribution >= 0.6 is 19.3 Å². The average Bonchev–Trinajstić information content (AvgIpc) is 3.61. The standard InChI is InChI=1S/C25H30ClF3N7O7P/c1-3-40-21(38)13(2)35-44(39,43-15-7-5-4-6-8-15)41-11-16-18(37)24(26,25(27,28)29)22(42-16)36-12-31-17-19(32-14-9-10-14)33-23(30)34-20(17)36/h4-8,12-14,16,18,22,37H,3,9-11H2,1-2H3,(H,35,39)(H3,30,32,33,34)/t13?,16-,18-,22-,24-,44?/m1/s1. The maximum atomic E-state index is 14.6. The molecule has 6 atom stereocenters. The number of rotatable bonds is 12. The number of esters is 1. The molecule has 5 N–H and O–H groups in total. The van der Waals surface area contributed by atoms with Crippen LogP contribution in [0.3, 0.4) is 0 Å². The van der Waals surface area contributed by atoms with Gasteiger partial charge in [-0.25, -0.2) is 9.55 Å². The maximum absolute atomic E-state index is 14.6. The highest BCUT2D eigenvalue weighted by molar-refractivity contribution is 7.52. The zero-order chi connectivity index (χ0) is 31.9. The van der Waals surface area contributed by atoms with E-state index in [9.17, 15) is 27.6 Å². The Hall–Kier alpha value is -3.21. The molecule has 44 heavy (non-hydrogen) atoms. The predicted molar refractivity (Wildman–Crippen MR) is 151 cm³/mol. The minimum absolute atomic E-state index is 0.0337. The van der Waals surface area contributed by atoms with Gasteiger partial charge in [-0.05, 0) is 38.8 Å². The summed E-state index contributed by atoms with van der Waals surface area (Å²) >= 11 is 6.19. The number of hydrogen-bond acceptors (Lipinski definition) is 12. The molecule has 19 heteroatoms.